The van der Waals surface area contributed by atoms with Gasteiger partial charge in [0.1, 0.15) is 0 Å². The lowest BCUT2D eigenvalue weighted by molar-refractivity contribution is 0.176. The molecule has 2 rings (SSSR count). The molecule has 0 bridgehead atoms. The van der Waals surface area contributed by atoms with Crippen LogP contribution >= 0.6 is 0 Å². The Kier molecular flexibility index (Phi) is 5.38. The molecular weight excluding hydrogens is 275 g/mol. The number of hydrogen-bond donors (Lipinski definition) is 2. The van der Waals surface area contributed by atoms with Crippen molar-refractivity contribution in [1.29, 1.82) is 0 Å². The maximum absolute atomic E-state index is 13.8. The molecule has 1 atom stereocenters. The van der Waals surface area contributed by atoms with E-state index in [1.54, 1.807) is 12.1 Å². The molecule has 0 aliphatic carbocycles. The first kappa shape index (κ1) is 15.6. The first-order chi connectivity index (χ1) is 10.2. The zero-order valence-corrected chi connectivity index (χ0v) is 12.1. The van der Waals surface area contributed by atoms with Crippen LogP contribution < -0.4 is 10.1 Å². The highest BCUT2D eigenvalue weighted by Gasteiger charge is 2.25. The van der Waals surface area contributed by atoms with E-state index in [1.807, 2.05) is 6.92 Å². The number of halogens is 1. The average molecular weight is 296 g/mol. The average Bonchev–Trinajstić information content (AvgIpc) is 2.68. The predicted molar refractivity (Wildman–Crippen MR) is 76.7 cm³/mol. The van der Waals surface area contributed by atoms with Crippen molar-refractivity contribution in [2.75, 3.05) is 26.3 Å². The maximum Gasteiger partial charge on any atom is 0.317 e. The molecule has 2 N–H and O–H groups in total. The van der Waals surface area contributed by atoms with Gasteiger partial charge in [0, 0.05) is 18.7 Å². The third-order valence-corrected chi connectivity index (χ3v) is 3.59. The van der Waals surface area contributed by atoms with E-state index in [9.17, 15) is 9.18 Å². The van der Waals surface area contributed by atoms with E-state index in [1.165, 1.54) is 11.0 Å². The molecule has 2 amide bonds. The van der Waals surface area contributed by atoms with Gasteiger partial charge in [-0.25, -0.2) is 9.18 Å². The van der Waals surface area contributed by atoms with Crippen LogP contribution in [0.4, 0.5) is 9.18 Å². The molecule has 21 heavy (non-hydrogen) atoms. The molecule has 1 aromatic rings. The molecule has 0 radical (unpaired) electrons. The molecule has 1 unspecified atom stereocenters. The van der Waals surface area contributed by atoms with Crippen molar-refractivity contribution in [3.63, 3.8) is 0 Å². The first-order valence-electron chi connectivity index (χ1n) is 7.24. The van der Waals surface area contributed by atoms with Crippen LogP contribution in [0.15, 0.2) is 18.2 Å². The number of carbonyl (C=O) groups excluding carboxylic acids is 1. The molecule has 5 nitrogen and oxygen atoms in total. The second-order valence-corrected chi connectivity index (χ2v) is 4.95. The highest BCUT2D eigenvalue weighted by molar-refractivity contribution is 5.74. The lowest BCUT2D eigenvalue weighted by Gasteiger charge is -2.25. The largest absolute Gasteiger partial charge is 0.490 e. The number of rotatable bonds is 4. The summed E-state index contributed by atoms with van der Waals surface area (Å²) in [5, 5.41) is 11.9. The molecule has 1 aromatic carbocycles. The van der Waals surface area contributed by atoms with Crippen molar-refractivity contribution in [3.05, 3.63) is 29.6 Å². The Labute approximate surface area is 123 Å². The zero-order chi connectivity index (χ0) is 15.2. The second-order valence-electron chi connectivity index (χ2n) is 4.95. The van der Waals surface area contributed by atoms with Crippen molar-refractivity contribution >= 4 is 6.03 Å². The number of nitrogens with zero attached hydrogens (tertiary/aromatic N) is 1. The van der Waals surface area contributed by atoms with Crippen LogP contribution in [0.5, 0.6) is 5.75 Å². The SMILES string of the molecule is CCN(CCO)C(=O)NC1CCCOc2c(F)cccc21. The number of ether oxygens (including phenoxy) is 1. The molecule has 0 fully saturated rings. The summed E-state index contributed by atoms with van der Waals surface area (Å²) < 4.78 is 19.3. The standard InChI is InChI=1S/C15H21FN2O3/c1-2-18(8-9-19)15(20)17-13-7-4-10-21-14-11(13)5-3-6-12(14)16/h3,5-6,13,19H,2,4,7-10H2,1H3,(H,17,20). The zero-order valence-electron chi connectivity index (χ0n) is 12.1. The molecule has 6 heteroatoms. The van der Waals surface area contributed by atoms with Gasteiger partial charge in [-0.2, -0.15) is 0 Å². The number of para-hydroxylation sites is 1. The summed E-state index contributed by atoms with van der Waals surface area (Å²) in [4.78, 5) is 13.7. The number of nitrogens with one attached hydrogen (secondary N) is 1. The van der Waals surface area contributed by atoms with Crippen LogP contribution in [0.3, 0.4) is 0 Å². The van der Waals surface area contributed by atoms with Gasteiger partial charge in [-0.1, -0.05) is 12.1 Å². The van der Waals surface area contributed by atoms with Crippen molar-refractivity contribution < 1.29 is 19.0 Å². The van der Waals surface area contributed by atoms with Crippen molar-refractivity contribution in [2.24, 2.45) is 0 Å². The Morgan fingerprint density at radius 3 is 3.10 bits per heavy atom. The molecule has 116 valence electrons. The quantitative estimate of drug-likeness (QED) is 0.894. The lowest BCUT2D eigenvalue weighted by Crippen LogP contribution is -2.42. The number of benzene rings is 1. The van der Waals surface area contributed by atoms with Gasteiger partial charge < -0.3 is 20.1 Å². The highest BCUT2D eigenvalue weighted by atomic mass is 19.1. The number of urea groups is 1. The van der Waals surface area contributed by atoms with E-state index >= 15 is 0 Å². The highest BCUT2D eigenvalue weighted by Crippen LogP contribution is 2.33. The predicted octanol–water partition coefficient (Wildman–Crippen LogP) is 2.06. The molecule has 0 saturated heterocycles. The van der Waals surface area contributed by atoms with Crippen LogP contribution in [0.2, 0.25) is 0 Å². The topological polar surface area (TPSA) is 61.8 Å². The van der Waals surface area contributed by atoms with Crippen LogP contribution in [0, 0.1) is 5.82 Å². The van der Waals surface area contributed by atoms with Gasteiger partial charge in [0.25, 0.3) is 0 Å². The van der Waals surface area contributed by atoms with Gasteiger partial charge in [0.05, 0.1) is 19.3 Å². The van der Waals surface area contributed by atoms with Gasteiger partial charge in [0.2, 0.25) is 0 Å². The summed E-state index contributed by atoms with van der Waals surface area (Å²) in [6.45, 7) is 2.99. The lowest BCUT2D eigenvalue weighted by atomic mass is 10.0. The Morgan fingerprint density at radius 1 is 1.57 bits per heavy atom. The third-order valence-electron chi connectivity index (χ3n) is 3.59. The van der Waals surface area contributed by atoms with Crippen LogP contribution in [-0.2, 0) is 0 Å². The van der Waals surface area contributed by atoms with Gasteiger partial charge in [-0.05, 0) is 25.8 Å². The van der Waals surface area contributed by atoms with E-state index in [-0.39, 0.29) is 31.0 Å². The maximum atomic E-state index is 13.8. The second kappa shape index (κ2) is 7.26. The summed E-state index contributed by atoms with van der Waals surface area (Å²) in [7, 11) is 0. The molecule has 1 aliphatic heterocycles. The number of hydrogen-bond acceptors (Lipinski definition) is 3. The monoisotopic (exact) mass is 296 g/mol. The van der Waals surface area contributed by atoms with Crippen molar-refractivity contribution in [3.8, 4) is 5.75 Å². The molecular formula is C15H21FN2O3. The van der Waals surface area contributed by atoms with E-state index < -0.39 is 5.82 Å². The molecule has 1 heterocycles. The van der Waals surface area contributed by atoms with Crippen molar-refractivity contribution in [2.45, 2.75) is 25.8 Å². The van der Waals surface area contributed by atoms with E-state index in [4.69, 9.17) is 9.84 Å². The number of amides is 2. The summed E-state index contributed by atoms with van der Waals surface area (Å²) in [5.74, 6) is -0.179. The first-order valence-corrected chi connectivity index (χ1v) is 7.24. The smallest absolute Gasteiger partial charge is 0.317 e. The molecule has 0 aromatic heterocycles. The van der Waals surface area contributed by atoms with Gasteiger partial charge in [0.15, 0.2) is 11.6 Å². The Bertz CT molecular complexity index is 496. The van der Waals surface area contributed by atoms with Gasteiger partial charge in [-0.15, -0.1) is 0 Å². The van der Waals surface area contributed by atoms with Gasteiger partial charge in [-0.3, -0.25) is 0 Å². The Balaban J connectivity index is 2.17. The minimum absolute atomic E-state index is 0.0831. The Hall–Kier alpha value is -1.82. The van der Waals surface area contributed by atoms with Gasteiger partial charge >= 0.3 is 6.03 Å². The van der Waals surface area contributed by atoms with Crippen LogP contribution in [0.25, 0.3) is 0 Å². The van der Waals surface area contributed by atoms with E-state index in [0.717, 1.165) is 6.42 Å². The number of carbonyl (C=O) groups is 1. The van der Waals surface area contributed by atoms with Crippen molar-refractivity contribution in [1.82, 2.24) is 10.2 Å². The minimum Gasteiger partial charge on any atom is -0.490 e. The summed E-state index contributed by atoms with van der Waals surface area (Å²) in [6.07, 6.45) is 1.43. The number of likely N-dealkylation sites (N-methyl/N-ethyl adjacent to an activating group) is 1. The van der Waals surface area contributed by atoms with E-state index in [0.29, 0.717) is 25.1 Å². The fraction of sp³-hybridized carbons (Fsp3) is 0.533. The van der Waals surface area contributed by atoms with Crippen LogP contribution in [0.1, 0.15) is 31.4 Å². The summed E-state index contributed by atoms with van der Waals surface area (Å²) in [6, 6.07) is 4.21. The minimum atomic E-state index is -0.406. The molecule has 0 spiro atoms. The third kappa shape index (κ3) is 3.64. The Morgan fingerprint density at radius 2 is 2.38 bits per heavy atom. The normalized spacial score (nSPS) is 17.4. The summed E-state index contributed by atoms with van der Waals surface area (Å²) >= 11 is 0. The van der Waals surface area contributed by atoms with Crippen LogP contribution in [-0.4, -0.2) is 42.3 Å². The molecule has 1 aliphatic rings. The number of fused-ring (bicyclic) bond motifs is 1. The molecule has 0 saturated carbocycles. The fourth-order valence-corrected chi connectivity index (χ4v) is 2.48. The number of aliphatic hydroxyl groups is 1. The van der Waals surface area contributed by atoms with E-state index in [2.05, 4.69) is 5.32 Å². The fourth-order valence-electron chi connectivity index (χ4n) is 2.48. The summed E-state index contributed by atoms with van der Waals surface area (Å²) in [5.41, 5.74) is 0.668. The number of aliphatic hydroxyl groups excluding tert-OH is 1.